The maximum absolute atomic E-state index is 11.7. The zero-order chi connectivity index (χ0) is 11.4. The van der Waals surface area contributed by atoms with E-state index in [1.165, 1.54) is 21.3 Å². The van der Waals surface area contributed by atoms with Gasteiger partial charge in [0.05, 0.1) is 19.8 Å². The number of hydrogen-bond acceptors (Lipinski definition) is 4. The normalized spacial score (nSPS) is 9.80. The number of nitrogens with zero attached hydrogens (tertiary/aromatic N) is 1. The summed E-state index contributed by atoms with van der Waals surface area (Å²) in [6.07, 6.45) is 0. The summed E-state index contributed by atoms with van der Waals surface area (Å²) >= 11 is 0. The van der Waals surface area contributed by atoms with Crippen molar-refractivity contribution < 1.29 is 14.4 Å². The molecule has 0 aromatic heterocycles. The minimum atomic E-state index is -0.311. The van der Waals surface area contributed by atoms with Gasteiger partial charge in [-0.25, -0.2) is 5.06 Å². The van der Waals surface area contributed by atoms with Crippen LogP contribution in [-0.4, -0.2) is 32.2 Å². The van der Waals surface area contributed by atoms with Crippen LogP contribution in [-0.2, 0) is 4.84 Å². The van der Waals surface area contributed by atoms with Gasteiger partial charge in [0.15, 0.2) is 0 Å². The Bertz CT molecular complexity index is 366. The first kappa shape index (κ1) is 11.3. The third-order valence-electron chi connectivity index (χ3n) is 2.05. The zero-order valence-electron chi connectivity index (χ0n) is 8.98. The third-order valence-corrected chi connectivity index (χ3v) is 2.05. The Hall–Kier alpha value is -1.75. The molecule has 1 aromatic carbocycles. The first-order valence-electron chi connectivity index (χ1n) is 4.35. The van der Waals surface area contributed by atoms with Gasteiger partial charge in [-0.05, 0) is 18.2 Å². The monoisotopic (exact) mass is 210 g/mol. The van der Waals surface area contributed by atoms with Crippen molar-refractivity contribution in [2.45, 2.75) is 0 Å². The number of benzene rings is 1. The van der Waals surface area contributed by atoms with Crippen molar-refractivity contribution in [3.05, 3.63) is 23.8 Å². The van der Waals surface area contributed by atoms with E-state index in [0.29, 0.717) is 17.0 Å². The highest BCUT2D eigenvalue weighted by Gasteiger charge is 2.15. The quantitative estimate of drug-likeness (QED) is 0.595. The lowest BCUT2D eigenvalue weighted by atomic mass is 10.1. The first-order valence-corrected chi connectivity index (χ1v) is 4.35. The number of ether oxygens (including phenoxy) is 1. The third kappa shape index (κ3) is 2.38. The van der Waals surface area contributed by atoms with Gasteiger partial charge >= 0.3 is 0 Å². The standard InChI is InChI=1S/C10H14N2O3/c1-12(15-3)10(13)8-6-7(14-2)4-5-9(8)11/h4-6H,11H2,1-3H3. The maximum Gasteiger partial charge on any atom is 0.279 e. The lowest BCUT2D eigenvalue weighted by molar-refractivity contribution is -0.0756. The molecule has 0 saturated carbocycles. The number of hydrogen-bond donors (Lipinski definition) is 1. The van der Waals surface area contributed by atoms with E-state index in [4.69, 9.17) is 15.3 Å². The van der Waals surface area contributed by atoms with Gasteiger partial charge in [-0.3, -0.25) is 9.63 Å². The summed E-state index contributed by atoms with van der Waals surface area (Å²) in [5.41, 5.74) is 6.43. The van der Waals surface area contributed by atoms with Gasteiger partial charge in [0.2, 0.25) is 0 Å². The van der Waals surface area contributed by atoms with E-state index in [-0.39, 0.29) is 5.91 Å². The van der Waals surface area contributed by atoms with Crippen molar-refractivity contribution >= 4 is 11.6 Å². The number of anilines is 1. The molecule has 15 heavy (non-hydrogen) atoms. The Morgan fingerprint density at radius 3 is 2.60 bits per heavy atom. The molecular weight excluding hydrogens is 196 g/mol. The smallest absolute Gasteiger partial charge is 0.279 e. The molecule has 0 saturated heterocycles. The molecular formula is C10H14N2O3. The fourth-order valence-corrected chi connectivity index (χ4v) is 1.10. The van der Waals surface area contributed by atoms with Crippen molar-refractivity contribution in [1.82, 2.24) is 5.06 Å². The largest absolute Gasteiger partial charge is 0.497 e. The summed E-state index contributed by atoms with van der Waals surface area (Å²) in [6, 6.07) is 4.89. The molecule has 0 radical (unpaired) electrons. The zero-order valence-corrected chi connectivity index (χ0v) is 8.98. The van der Waals surface area contributed by atoms with Gasteiger partial charge in [0.25, 0.3) is 5.91 Å². The van der Waals surface area contributed by atoms with E-state index in [0.717, 1.165) is 5.06 Å². The first-order chi connectivity index (χ1) is 7.10. The van der Waals surface area contributed by atoms with E-state index >= 15 is 0 Å². The fourth-order valence-electron chi connectivity index (χ4n) is 1.10. The topological polar surface area (TPSA) is 64.8 Å². The molecule has 5 heteroatoms. The van der Waals surface area contributed by atoms with Crippen molar-refractivity contribution in [2.24, 2.45) is 0 Å². The number of rotatable bonds is 3. The Morgan fingerprint density at radius 2 is 2.07 bits per heavy atom. The number of carbonyl (C=O) groups excluding carboxylic acids is 1. The number of carbonyl (C=O) groups is 1. The van der Waals surface area contributed by atoms with Gasteiger partial charge < -0.3 is 10.5 Å². The number of nitrogen functional groups attached to an aromatic ring is 1. The molecule has 1 amide bonds. The number of amides is 1. The van der Waals surface area contributed by atoms with Crippen LogP contribution in [0.5, 0.6) is 5.75 Å². The second kappa shape index (κ2) is 4.65. The summed E-state index contributed by atoms with van der Waals surface area (Å²) in [5.74, 6) is 0.269. The maximum atomic E-state index is 11.7. The van der Waals surface area contributed by atoms with Crippen LogP contribution in [0.25, 0.3) is 0 Å². The average Bonchev–Trinajstić information content (AvgIpc) is 2.27. The second-order valence-electron chi connectivity index (χ2n) is 2.94. The second-order valence-corrected chi connectivity index (χ2v) is 2.94. The van der Waals surface area contributed by atoms with Crippen molar-refractivity contribution in [2.75, 3.05) is 27.0 Å². The summed E-state index contributed by atoms with van der Waals surface area (Å²) < 4.78 is 5.01. The minimum absolute atomic E-state index is 0.311. The fraction of sp³-hybridized carbons (Fsp3) is 0.300. The molecule has 5 nitrogen and oxygen atoms in total. The molecule has 0 bridgehead atoms. The van der Waals surface area contributed by atoms with Crippen LogP contribution in [0, 0.1) is 0 Å². The van der Waals surface area contributed by atoms with Gasteiger partial charge in [0.1, 0.15) is 5.75 Å². The highest BCUT2D eigenvalue weighted by Crippen LogP contribution is 2.20. The Labute approximate surface area is 88.3 Å². The number of nitrogens with two attached hydrogens (primary N) is 1. The molecule has 0 heterocycles. The molecule has 2 N–H and O–H groups in total. The average molecular weight is 210 g/mol. The van der Waals surface area contributed by atoms with Crippen LogP contribution in [0.15, 0.2) is 18.2 Å². The van der Waals surface area contributed by atoms with E-state index < -0.39 is 0 Å². The van der Waals surface area contributed by atoms with Crippen LogP contribution in [0.3, 0.4) is 0 Å². The Morgan fingerprint density at radius 1 is 1.40 bits per heavy atom. The van der Waals surface area contributed by atoms with Crippen molar-refractivity contribution in [3.8, 4) is 5.75 Å². The van der Waals surface area contributed by atoms with Crippen LogP contribution in [0.2, 0.25) is 0 Å². The molecule has 82 valence electrons. The molecule has 0 spiro atoms. The SMILES string of the molecule is COc1ccc(N)c(C(=O)N(C)OC)c1. The highest BCUT2D eigenvalue weighted by atomic mass is 16.7. The van der Waals surface area contributed by atoms with E-state index in [2.05, 4.69) is 0 Å². The predicted molar refractivity (Wildman–Crippen MR) is 56.5 cm³/mol. The Balaban J connectivity index is 3.07. The summed E-state index contributed by atoms with van der Waals surface area (Å²) in [7, 11) is 4.45. The summed E-state index contributed by atoms with van der Waals surface area (Å²) in [6.45, 7) is 0. The summed E-state index contributed by atoms with van der Waals surface area (Å²) in [4.78, 5) is 16.5. The molecule has 0 fully saturated rings. The molecule has 0 aliphatic heterocycles. The molecule has 0 atom stereocenters. The van der Waals surface area contributed by atoms with E-state index in [1.54, 1.807) is 18.2 Å². The Kier molecular flexibility index (Phi) is 3.51. The van der Waals surface area contributed by atoms with Crippen LogP contribution < -0.4 is 10.5 Å². The van der Waals surface area contributed by atoms with Crippen molar-refractivity contribution in [1.29, 1.82) is 0 Å². The number of methoxy groups -OCH3 is 1. The minimum Gasteiger partial charge on any atom is -0.497 e. The molecule has 1 aromatic rings. The molecule has 0 unspecified atom stereocenters. The lowest BCUT2D eigenvalue weighted by Gasteiger charge is -2.15. The van der Waals surface area contributed by atoms with Gasteiger partial charge in [-0.1, -0.05) is 0 Å². The van der Waals surface area contributed by atoms with Gasteiger partial charge in [-0.15, -0.1) is 0 Å². The van der Waals surface area contributed by atoms with E-state index in [9.17, 15) is 4.79 Å². The predicted octanol–water partition coefficient (Wildman–Crippen LogP) is 0.911. The molecule has 0 aliphatic carbocycles. The van der Waals surface area contributed by atoms with Crippen LogP contribution >= 0.6 is 0 Å². The number of hydroxylamine groups is 2. The molecule has 1 rings (SSSR count). The summed E-state index contributed by atoms with van der Waals surface area (Å²) in [5, 5.41) is 1.10. The van der Waals surface area contributed by atoms with E-state index in [1.807, 2.05) is 0 Å². The van der Waals surface area contributed by atoms with Gasteiger partial charge in [0, 0.05) is 12.7 Å². The van der Waals surface area contributed by atoms with Crippen LogP contribution in [0.4, 0.5) is 5.69 Å². The highest BCUT2D eigenvalue weighted by molar-refractivity contribution is 5.98. The van der Waals surface area contributed by atoms with Crippen molar-refractivity contribution in [3.63, 3.8) is 0 Å². The molecule has 0 aliphatic rings. The lowest BCUT2D eigenvalue weighted by Crippen LogP contribution is -2.26. The van der Waals surface area contributed by atoms with Crippen LogP contribution in [0.1, 0.15) is 10.4 Å². The van der Waals surface area contributed by atoms with Gasteiger partial charge in [-0.2, -0.15) is 0 Å².